The van der Waals surface area contributed by atoms with Crippen molar-refractivity contribution in [2.24, 2.45) is 5.73 Å². The number of nitrogens with zero attached hydrogens (tertiary/aromatic N) is 1. The molecule has 0 bridgehead atoms. The van der Waals surface area contributed by atoms with Gasteiger partial charge in [-0.25, -0.2) is 4.98 Å². The van der Waals surface area contributed by atoms with Crippen molar-refractivity contribution in [3.63, 3.8) is 0 Å². The van der Waals surface area contributed by atoms with E-state index in [0.29, 0.717) is 6.61 Å². The highest BCUT2D eigenvalue weighted by Gasteiger charge is 2.52. The van der Waals surface area contributed by atoms with Crippen molar-refractivity contribution in [2.45, 2.75) is 38.7 Å². The van der Waals surface area contributed by atoms with Gasteiger partial charge in [0, 0.05) is 10.9 Å². The summed E-state index contributed by atoms with van der Waals surface area (Å²) in [5.41, 5.74) is 9.57. The van der Waals surface area contributed by atoms with Crippen molar-refractivity contribution in [3.8, 4) is 5.75 Å². The van der Waals surface area contributed by atoms with Gasteiger partial charge in [0.15, 0.2) is 0 Å². The zero-order valence-electron chi connectivity index (χ0n) is 13.6. The van der Waals surface area contributed by atoms with Crippen molar-refractivity contribution >= 4 is 28.2 Å². The largest absolute Gasteiger partial charge is 0.488 e. The predicted molar refractivity (Wildman–Crippen MR) is 92.2 cm³/mol. The lowest BCUT2D eigenvalue weighted by molar-refractivity contribution is -0.120. The second-order valence-corrected chi connectivity index (χ2v) is 7.23. The summed E-state index contributed by atoms with van der Waals surface area (Å²) in [6.45, 7) is 4.34. The standard InChI is InChI=1S/C18H18N2O3S/c1-10-15(24-9-20-10)8-22-12-3-4-14-13(7-12)16(11(2)23-14)18(5-6-18)17(19)21/h3-4,7,9H,5-6,8H2,1-2H3,(H2,19,21). The van der Waals surface area contributed by atoms with Gasteiger partial charge < -0.3 is 14.9 Å². The van der Waals surface area contributed by atoms with Gasteiger partial charge in [-0.15, -0.1) is 11.3 Å². The van der Waals surface area contributed by atoms with E-state index in [-0.39, 0.29) is 5.91 Å². The molecule has 0 radical (unpaired) electrons. The molecule has 1 fully saturated rings. The quantitative estimate of drug-likeness (QED) is 0.768. The molecule has 3 aromatic rings. The van der Waals surface area contributed by atoms with Crippen LogP contribution in [0.4, 0.5) is 0 Å². The lowest BCUT2D eigenvalue weighted by atomic mass is 9.92. The van der Waals surface area contributed by atoms with Gasteiger partial charge in [0.2, 0.25) is 5.91 Å². The smallest absolute Gasteiger partial charge is 0.228 e. The molecule has 2 heterocycles. The Morgan fingerprint density at radius 1 is 1.42 bits per heavy atom. The summed E-state index contributed by atoms with van der Waals surface area (Å²) in [5.74, 6) is 1.23. The van der Waals surface area contributed by atoms with Crippen molar-refractivity contribution in [3.05, 3.63) is 45.6 Å². The molecule has 1 aliphatic rings. The average molecular weight is 342 g/mol. The summed E-state index contributed by atoms with van der Waals surface area (Å²) >= 11 is 1.58. The molecule has 6 heteroatoms. The van der Waals surface area contributed by atoms with Crippen LogP contribution in [0.1, 0.15) is 34.7 Å². The first kappa shape index (κ1) is 15.2. The lowest BCUT2D eigenvalue weighted by Crippen LogP contribution is -2.28. The van der Waals surface area contributed by atoms with Crippen molar-refractivity contribution in [1.29, 1.82) is 0 Å². The lowest BCUT2D eigenvalue weighted by Gasteiger charge is -2.11. The van der Waals surface area contributed by atoms with E-state index < -0.39 is 5.41 Å². The van der Waals surface area contributed by atoms with Gasteiger partial charge in [-0.1, -0.05) is 0 Å². The first-order valence-corrected chi connectivity index (χ1v) is 8.74. The number of fused-ring (bicyclic) bond motifs is 1. The molecule has 124 valence electrons. The average Bonchev–Trinajstić information content (AvgIpc) is 3.14. The number of carbonyl (C=O) groups excluding carboxylic acids is 1. The Hall–Kier alpha value is -2.34. The molecule has 0 atom stereocenters. The number of carbonyl (C=O) groups is 1. The van der Waals surface area contributed by atoms with E-state index in [1.807, 2.05) is 37.6 Å². The number of aryl methyl sites for hydroxylation is 2. The normalized spacial score (nSPS) is 15.6. The van der Waals surface area contributed by atoms with Crippen LogP contribution in [0.5, 0.6) is 5.75 Å². The van der Waals surface area contributed by atoms with Crippen LogP contribution in [-0.2, 0) is 16.8 Å². The van der Waals surface area contributed by atoms with E-state index in [1.54, 1.807) is 11.3 Å². The molecular weight excluding hydrogens is 324 g/mol. The van der Waals surface area contributed by atoms with Crippen LogP contribution < -0.4 is 10.5 Å². The first-order chi connectivity index (χ1) is 11.5. The number of benzene rings is 1. The number of aromatic nitrogens is 1. The topological polar surface area (TPSA) is 78.3 Å². The number of furan rings is 1. The van der Waals surface area contributed by atoms with Crippen LogP contribution in [-0.4, -0.2) is 10.9 Å². The van der Waals surface area contributed by atoms with Gasteiger partial charge in [-0.05, 0) is 44.9 Å². The fourth-order valence-electron chi connectivity index (χ4n) is 3.24. The van der Waals surface area contributed by atoms with E-state index in [0.717, 1.165) is 51.5 Å². The molecule has 0 saturated heterocycles. The van der Waals surface area contributed by atoms with Crippen molar-refractivity contribution in [1.82, 2.24) is 4.98 Å². The Morgan fingerprint density at radius 2 is 2.21 bits per heavy atom. The third-order valence-corrected chi connectivity index (χ3v) is 5.66. The Labute approximate surface area is 143 Å². The monoisotopic (exact) mass is 342 g/mol. The molecule has 5 nitrogen and oxygen atoms in total. The molecule has 1 amide bonds. The molecule has 4 rings (SSSR count). The summed E-state index contributed by atoms with van der Waals surface area (Å²) in [6, 6.07) is 5.72. The van der Waals surface area contributed by atoms with Gasteiger partial charge in [-0.2, -0.15) is 0 Å². The van der Waals surface area contributed by atoms with E-state index in [9.17, 15) is 4.79 Å². The van der Waals surface area contributed by atoms with Crippen molar-refractivity contribution < 1.29 is 13.9 Å². The summed E-state index contributed by atoms with van der Waals surface area (Å²) in [4.78, 5) is 17.3. The third kappa shape index (κ3) is 2.29. The maximum atomic E-state index is 11.9. The van der Waals surface area contributed by atoms with Gasteiger partial charge >= 0.3 is 0 Å². The highest BCUT2D eigenvalue weighted by molar-refractivity contribution is 7.09. The first-order valence-electron chi connectivity index (χ1n) is 7.86. The number of nitrogens with two attached hydrogens (primary N) is 1. The van der Waals surface area contributed by atoms with E-state index in [2.05, 4.69) is 4.98 Å². The van der Waals surface area contributed by atoms with E-state index in [1.165, 1.54) is 0 Å². The minimum atomic E-state index is -0.567. The predicted octanol–water partition coefficient (Wildman–Crippen LogP) is 3.60. The number of ether oxygens (including phenoxy) is 1. The van der Waals surface area contributed by atoms with Gasteiger partial charge in [0.25, 0.3) is 0 Å². The number of hydrogen-bond acceptors (Lipinski definition) is 5. The number of primary amides is 1. The molecule has 2 N–H and O–H groups in total. The number of hydrogen-bond donors (Lipinski definition) is 1. The molecule has 1 aromatic carbocycles. The molecule has 24 heavy (non-hydrogen) atoms. The fourth-order valence-corrected chi connectivity index (χ4v) is 3.93. The van der Waals surface area contributed by atoms with Crippen LogP contribution in [0.3, 0.4) is 0 Å². The Morgan fingerprint density at radius 3 is 2.83 bits per heavy atom. The summed E-state index contributed by atoms with van der Waals surface area (Å²) < 4.78 is 11.7. The minimum Gasteiger partial charge on any atom is -0.488 e. The maximum Gasteiger partial charge on any atom is 0.228 e. The zero-order chi connectivity index (χ0) is 16.9. The van der Waals surface area contributed by atoms with Gasteiger partial charge in [0.05, 0.1) is 21.5 Å². The number of rotatable bonds is 5. The van der Waals surface area contributed by atoms with Crippen LogP contribution in [0.2, 0.25) is 0 Å². The van der Waals surface area contributed by atoms with Crippen LogP contribution in [0.15, 0.2) is 28.1 Å². The SMILES string of the molecule is Cc1ncsc1COc1ccc2oc(C)c(C3(C(N)=O)CC3)c2c1. The highest BCUT2D eigenvalue weighted by atomic mass is 32.1. The molecule has 0 aliphatic heterocycles. The summed E-state index contributed by atoms with van der Waals surface area (Å²) in [7, 11) is 0. The molecule has 2 aromatic heterocycles. The Kier molecular flexibility index (Phi) is 3.38. The van der Waals surface area contributed by atoms with Gasteiger partial charge in [-0.3, -0.25) is 4.79 Å². The van der Waals surface area contributed by atoms with Gasteiger partial charge in [0.1, 0.15) is 23.7 Å². The second kappa shape index (κ2) is 5.34. The molecule has 1 aliphatic carbocycles. The minimum absolute atomic E-state index is 0.278. The van der Waals surface area contributed by atoms with Crippen LogP contribution in [0.25, 0.3) is 11.0 Å². The molecule has 0 spiro atoms. The Bertz CT molecular complexity index is 937. The molecular formula is C18H18N2O3S. The highest BCUT2D eigenvalue weighted by Crippen LogP contribution is 2.52. The molecule has 1 saturated carbocycles. The maximum absolute atomic E-state index is 11.9. The zero-order valence-corrected chi connectivity index (χ0v) is 14.4. The Balaban J connectivity index is 1.70. The number of thiazole rings is 1. The summed E-state index contributed by atoms with van der Waals surface area (Å²) in [6.07, 6.45) is 1.56. The van der Waals surface area contributed by atoms with Crippen molar-refractivity contribution in [2.75, 3.05) is 0 Å². The number of amides is 1. The van der Waals surface area contributed by atoms with E-state index in [4.69, 9.17) is 14.9 Å². The second-order valence-electron chi connectivity index (χ2n) is 6.29. The fraction of sp³-hybridized carbons (Fsp3) is 0.333. The molecule has 0 unspecified atom stereocenters. The summed E-state index contributed by atoms with van der Waals surface area (Å²) in [5, 5.41) is 0.919. The third-order valence-electron chi connectivity index (χ3n) is 4.75. The van der Waals surface area contributed by atoms with E-state index >= 15 is 0 Å². The van der Waals surface area contributed by atoms with Crippen LogP contribution >= 0.6 is 11.3 Å². The van der Waals surface area contributed by atoms with Crippen LogP contribution in [0, 0.1) is 13.8 Å².